The topological polar surface area (TPSA) is 67.4 Å². The second kappa shape index (κ2) is 8.66. The van der Waals surface area contributed by atoms with Gasteiger partial charge < -0.3 is 15.4 Å². The minimum atomic E-state index is -0.529. The van der Waals surface area contributed by atoms with Crippen LogP contribution in [0.15, 0.2) is 42.5 Å². The lowest BCUT2D eigenvalue weighted by Crippen LogP contribution is -2.38. The molecule has 0 unspecified atom stereocenters. The Hall–Kier alpha value is -2.89. The third-order valence-electron chi connectivity index (χ3n) is 4.74. The van der Waals surface area contributed by atoms with Gasteiger partial charge >= 0.3 is 6.09 Å². The highest BCUT2D eigenvalue weighted by molar-refractivity contribution is 5.95. The van der Waals surface area contributed by atoms with Crippen LogP contribution in [-0.2, 0) is 0 Å². The van der Waals surface area contributed by atoms with Gasteiger partial charge in [0.1, 0.15) is 11.6 Å². The summed E-state index contributed by atoms with van der Waals surface area (Å²) in [4.78, 5) is 23.9. The van der Waals surface area contributed by atoms with Crippen LogP contribution < -0.4 is 15.4 Å². The van der Waals surface area contributed by atoms with Crippen LogP contribution >= 0.6 is 0 Å². The SMILES string of the molecule is CNC(=O)c1cccc(-c2cc(OC(=O)NC3CCCCC3)ccc2F)c1. The van der Waals surface area contributed by atoms with Crippen molar-refractivity contribution in [2.75, 3.05) is 7.05 Å². The third-order valence-corrected chi connectivity index (χ3v) is 4.74. The molecule has 0 spiro atoms. The molecule has 2 N–H and O–H groups in total. The number of nitrogens with one attached hydrogen (secondary N) is 2. The van der Waals surface area contributed by atoms with Gasteiger partial charge in [-0.25, -0.2) is 9.18 Å². The summed E-state index contributed by atoms with van der Waals surface area (Å²) in [6.45, 7) is 0. The molecule has 6 heteroatoms. The van der Waals surface area contributed by atoms with Crippen LogP contribution in [0.3, 0.4) is 0 Å². The summed E-state index contributed by atoms with van der Waals surface area (Å²) in [6, 6.07) is 10.9. The molecule has 2 aromatic rings. The van der Waals surface area contributed by atoms with Crippen molar-refractivity contribution in [3.63, 3.8) is 0 Å². The number of amides is 2. The number of halogens is 1. The highest BCUT2D eigenvalue weighted by atomic mass is 19.1. The van der Waals surface area contributed by atoms with E-state index in [1.807, 2.05) is 0 Å². The van der Waals surface area contributed by atoms with E-state index in [2.05, 4.69) is 10.6 Å². The van der Waals surface area contributed by atoms with Gasteiger partial charge in [0.2, 0.25) is 0 Å². The fourth-order valence-corrected chi connectivity index (χ4v) is 3.31. The first-order valence-electron chi connectivity index (χ1n) is 9.17. The van der Waals surface area contributed by atoms with Crippen LogP contribution in [0.2, 0.25) is 0 Å². The molecule has 3 rings (SSSR count). The number of ether oxygens (including phenoxy) is 1. The van der Waals surface area contributed by atoms with Gasteiger partial charge in [0.05, 0.1) is 0 Å². The van der Waals surface area contributed by atoms with Crippen LogP contribution in [0.1, 0.15) is 42.5 Å². The molecule has 142 valence electrons. The number of benzene rings is 2. The predicted octanol–water partition coefficient (Wildman–Crippen LogP) is 4.27. The van der Waals surface area contributed by atoms with Gasteiger partial charge in [-0.2, -0.15) is 0 Å². The first kappa shape index (κ1) is 18.9. The summed E-state index contributed by atoms with van der Waals surface area (Å²) in [5.74, 6) is -0.453. The molecular weight excluding hydrogens is 347 g/mol. The van der Waals surface area contributed by atoms with E-state index in [4.69, 9.17) is 4.74 Å². The maximum absolute atomic E-state index is 14.3. The second-order valence-electron chi connectivity index (χ2n) is 6.67. The fourth-order valence-electron chi connectivity index (χ4n) is 3.31. The van der Waals surface area contributed by atoms with E-state index in [1.54, 1.807) is 24.3 Å². The average molecular weight is 370 g/mol. The molecule has 0 atom stereocenters. The number of carbonyl (C=O) groups is 2. The largest absolute Gasteiger partial charge is 0.412 e. The molecule has 5 nitrogen and oxygen atoms in total. The lowest BCUT2D eigenvalue weighted by atomic mass is 9.96. The molecule has 1 aliphatic carbocycles. The number of hydrogen-bond acceptors (Lipinski definition) is 3. The van der Waals surface area contributed by atoms with Crippen molar-refractivity contribution in [2.24, 2.45) is 0 Å². The summed E-state index contributed by atoms with van der Waals surface area (Å²) < 4.78 is 19.7. The van der Waals surface area contributed by atoms with Gasteiger partial charge in [-0.05, 0) is 48.7 Å². The molecule has 0 aromatic heterocycles. The van der Waals surface area contributed by atoms with Crippen LogP contribution in [-0.4, -0.2) is 25.1 Å². The first-order chi connectivity index (χ1) is 13.1. The van der Waals surface area contributed by atoms with Crippen molar-refractivity contribution >= 4 is 12.0 Å². The van der Waals surface area contributed by atoms with Crippen molar-refractivity contribution in [2.45, 2.75) is 38.1 Å². The zero-order chi connectivity index (χ0) is 19.2. The van der Waals surface area contributed by atoms with E-state index in [0.717, 1.165) is 25.7 Å². The van der Waals surface area contributed by atoms with Crippen LogP contribution in [0.5, 0.6) is 5.75 Å². The Kier molecular flexibility index (Phi) is 6.06. The number of rotatable bonds is 4. The molecule has 2 amide bonds. The highest BCUT2D eigenvalue weighted by Crippen LogP contribution is 2.28. The number of hydrogen-bond donors (Lipinski definition) is 2. The normalized spacial score (nSPS) is 14.4. The second-order valence-corrected chi connectivity index (χ2v) is 6.67. The Morgan fingerprint density at radius 2 is 1.85 bits per heavy atom. The molecule has 2 aromatic carbocycles. The first-order valence-corrected chi connectivity index (χ1v) is 9.17. The summed E-state index contributed by atoms with van der Waals surface area (Å²) in [5, 5.41) is 5.41. The summed E-state index contributed by atoms with van der Waals surface area (Å²) in [7, 11) is 1.54. The van der Waals surface area contributed by atoms with Gasteiger partial charge in [0.15, 0.2) is 0 Å². The van der Waals surface area contributed by atoms with Crippen LogP contribution in [0.4, 0.5) is 9.18 Å². The predicted molar refractivity (Wildman–Crippen MR) is 101 cm³/mol. The summed E-state index contributed by atoms with van der Waals surface area (Å²) in [5.41, 5.74) is 1.23. The Morgan fingerprint density at radius 3 is 2.59 bits per heavy atom. The van der Waals surface area contributed by atoms with Gasteiger partial charge in [-0.15, -0.1) is 0 Å². The summed E-state index contributed by atoms with van der Waals surface area (Å²) in [6.07, 6.45) is 4.79. The minimum Gasteiger partial charge on any atom is -0.410 e. The van der Waals surface area contributed by atoms with Gasteiger partial charge in [0.25, 0.3) is 5.91 Å². The molecule has 0 radical (unpaired) electrons. The van der Waals surface area contributed by atoms with E-state index in [1.165, 1.54) is 31.7 Å². The van der Waals surface area contributed by atoms with Gasteiger partial charge in [0, 0.05) is 24.2 Å². The molecular formula is C21H23FN2O3. The van der Waals surface area contributed by atoms with Crippen LogP contribution in [0, 0.1) is 5.82 Å². The zero-order valence-corrected chi connectivity index (χ0v) is 15.3. The molecule has 1 fully saturated rings. The molecule has 0 bridgehead atoms. The Bertz CT molecular complexity index is 832. The van der Waals surface area contributed by atoms with E-state index >= 15 is 0 Å². The molecule has 1 saturated carbocycles. The lowest BCUT2D eigenvalue weighted by molar-refractivity contribution is 0.0963. The van der Waals surface area contributed by atoms with Crippen molar-refractivity contribution in [3.05, 3.63) is 53.8 Å². The molecule has 0 saturated heterocycles. The maximum Gasteiger partial charge on any atom is 0.412 e. The third kappa shape index (κ3) is 4.84. The molecule has 0 heterocycles. The minimum absolute atomic E-state index is 0.135. The van der Waals surface area contributed by atoms with E-state index in [0.29, 0.717) is 11.1 Å². The molecule has 0 aliphatic heterocycles. The molecule has 1 aliphatic rings. The maximum atomic E-state index is 14.3. The van der Waals surface area contributed by atoms with Crippen molar-refractivity contribution < 1.29 is 18.7 Å². The van der Waals surface area contributed by atoms with Gasteiger partial charge in [-0.1, -0.05) is 31.4 Å². The monoisotopic (exact) mass is 370 g/mol. The quantitative estimate of drug-likeness (QED) is 0.844. The van der Waals surface area contributed by atoms with E-state index < -0.39 is 11.9 Å². The highest BCUT2D eigenvalue weighted by Gasteiger charge is 2.17. The van der Waals surface area contributed by atoms with Crippen molar-refractivity contribution in [1.82, 2.24) is 10.6 Å². The van der Waals surface area contributed by atoms with Crippen molar-refractivity contribution in [3.8, 4) is 16.9 Å². The Labute approximate surface area is 157 Å². The van der Waals surface area contributed by atoms with E-state index in [-0.39, 0.29) is 23.3 Å². The van der Waals surface area contributed by atoms with E-state index in [9.17, 15) is 14.0 Å². The van der Waals surface area contributed by atoms with Crippen LogP contribution in [0.25, 0.3) is 11.1 Å². The summed E-state index contributed by atoms with van der Waals surface area (Å²) >= 11 is 0. The lowest BCUT2D eigenvalue weighted by Gasteiger charge is -2.22. The standard InChI is InChI=1S/C21H23FN2O3/c1-23-20(25)15-7-5-6-14(12-15)18-13-17(10-11-19(18)22)27-21(26)24-16-8-3-2-4-9-16/h5-7,10-13,16H,2-4,8-9H2,1H3,(H,23,25)(H,24,26). The fraction of sp³-hybridized carbons (Fsp3) is 0.333. The zero-order valence-electron chi connectivity index (χ0n) is 15.3. The van der Waals surface area contributed by atoms with Gasteiger partial charge in [-0.3, -0.25) is 4.79 Å². The molecule has 27 heavy (non-hydrogen) atoms. The van der Waals surface area contributed by atoms with Crippen molar-refractivity contribution in [1.29, 1.82) is 0 Å². The smallest absolute Gasteiger partial charge is 0.410 e. The number of carbonyl (C=O) groups excluding carboxylic acids is 2. The average Bonchev–Trinajstić information content (AvgIpc) is 2.69. The Morgan fingerprint density at radius 1 is 1.07 bits per heavy atom. The Balaban J connectivity index is 1.76.